The second kappa shape index (κ2) is 8.49. The van der Waals surface area contributed by atoms with Crippen molar-refractivity contribution in [2.24, 2.45) is 0 Å². The number of aliphatic hydroxyl groups is 1. The molecule has 1 saturated carbocycles. The van der Waals surface area contributed by atoms with Crippen LogP contribution in [0.25, 0.3) is 0 Å². The zero-order chi connectivity index (χ0) is 20.4. The molecule has 2 unspecified atom stereocenters. The Balaban J connectivity index is 2.09. The Hall–Kier alpha value is -1.48. The number of halogens is 2. The second-order valence-corrected chi connectivity index (χ2v) is 7.82. The van der Waals surface area contributed by atoms with Crippen LogP contribution in [0.2, 0.25) is 0 Å². The molecule has 28 heavy (non-hydrogen) atoms. The third-order valence-electron chi connectivity index (χ3n) is 5.12. The Kier molecular flexibility index (Phi) is 6.44. The van der Waals surface area contributed by atoms with Gasteiger partial charge in [0.15, 0.2) is 12.4 Å². The third kappa shape index (κ3) is 3.70. The normalized spacial score (nSPS) is 33.0. The zero-order valence-corrected chi connectivity index (χ0v) is 16.8. The van der Waals surface area contributed by atoms with E-state index in [9.17, 15) is 15.1 Å². The van der Waals surface area contributed by atoms with E-state index in [1.165, 1.54) is 24.7 Å². The van der Waals surface area contributed by atoms with Crippen LogP contribution < -0.4 is 10.0 Å². The summed E-state index contributed by atoms with van der Waals surface area (Å²) in [5.41, 5.74) is -0.186. The Labute approximate surface area is 173 Å². The van der Waals surface area contributed by atoms with Crippen LogP contribution in [0.15, 0.2) is 53.4 Å². The summed E-state index contributed by atoms with van der Waals surface area (Å²) >= 11 is 13.6. The van der Waals surface area contributed by atoms with Crippen molar-refractivity contribution in [2.75, 3.05) is 7.11 Å². The lowest BCUT2D eigenvalue weighted by Gasteiger charge is -2.43. The number of nitrogens with one attached hydrogen (secondary N) is 1. The number of pyridine rings is 1. The Morgan fingerprint density at radius 3 is 2.50 bits per heavy atom. The fourth-order valence-corrected chi connectivity index (χ4v) is 4.70. The molecule has 1 aromatic rings. The molecular formula is C19H22Cl2N2O5. The fourth-order valence-electron chi connectivity index (χ4n) is 3.70. The topological polar surface area (TPSA) is 94.7 Å². The van der Waals surface area contributed by atoms with E-state index in [0.29, 0.717) is 25.7 Å². The first-order chi connectivity index (χ1) is 13.4. The fraction of sp³-hybridized carbons (Fsp3) is 0.474. The molecule has 3 rings (SSSR count). The highest BCUT2D eigenvalue weighted by Gasteiger charge is 2.65. The van der Waals surface area contributed by atoms with Crippen molar-refractivity contribution >= 4 is 29.1 Å². The number of aromatic nitrogens is 1. The summed E-state index contributed by atoms with van der Waals surface area (Å²) in [7, 11) is 1.44. The maximum absolute atomic E-state index is 12.0. The maximum Gasteiger partial charge on any atom is 0.357 e. The van der Waals surface area contributed by atoms with Crippen LogP contribution >= 0.6 is 23.2 Å². The summed E-state index contributed by atoms with van der Waals surface area (Å²) in [6.07, 6.45) is 7.82. The molecule has 0 aromatic carbocycles. The monoisotopic (exact) mass is 428 g/mol. The molecule has 7 nitrogen and oxygen atoms in total. The predicted molar refractivity (Wildman–Crippen MR) is 103 cm³/mol. The summed E-state index contributed by atoms with van der Waals surface area (Å²) < 4.78 is 13.7. The summed E-state index contributed by atoms with van der Waals surface area (Å²) in [5, 5.41) is 19.0. The molecule has 1 heterocycles. The van der Waals surface area contributed by atoms with Gasteiger partial charge in [0, 0.05) is 24.8 Å². The Morgan fingerprint density at radius 1 is 1.29 bits per heavy atom. The van der Waals surface area contributed by atoms with Gasteiger partial charge in [0.25, 0.3) is 5.06 Å². The molecule has 1 aromatic heterocycles. The quantitative estimate of drug-likeness (QED) is 0.425. The van der Waals surface area contributed by atoms with Crippen LogP contribution in [0.5, 0.6) is 0 Å². The van der Waals surface area contributed by atoms with Gasteiger partial charge in [-0.2, -0.15) is 4.57 Å². The summed E-state index contributed by atoms with van der Waals surface area (Å²) in [6.45, 7) is 0. The smallest absolute Gasteiger partial charge is 0.357 e. The first kappa shape index (κ1) is 21.2. The molecule has 0 spiro atoms. The van der Waals surface area contributed by atoms with Gasteiger partial charge < -0.3 is 25.3 Å². The van der Waals surface area contributed by atoms with Crippen molar-refractivity contribution in [2.45, 2.75) is 48.7 Å². The maximum atomic E-state index is 12.0. The van der Waals surface area contributed by atoms with E-state index in [1.54, 1.807) is 29.1 Å². The zero-order valence-electron chi connectivity index (χ0n) is 15.3. The molecule has 2 aliphatic carbocycles. The average molecular weight is 429 g/mol. The predicted octanol–water partition coefficient (Wildman–Crippen LogP) is 2.21. The molecule has 0 aliphatic heterocycles. The third-order valence-corrected chi connectivity index (χ3v) is 5.94. The van der Waals surface area contributed by atoms with E-state index >= 15 is 0 Å². The van der Waals surface area contributed by atoms with Crippen molar-refractivity contribution < 1.29 is 23.9 Å². The first-order valence-electron chi connectivity index (χ1n) is 8.96. The number of ether oxygens (including phenoxy) is 2. The first-order valence-corrected chi connectivity index (χ1v) is 9.71. The number of methoxy groups -OCH3 is 1. The standard InChI is InChI=1S/C19H22Cl2N2O5/c1-27-19(23-9-3-2-4-10-23)16(20)11-13(17(25)22-26)12-18(19,21)28-15-7-5-14(24)6-8-15/h2-4,9-12,14-15,24H,5-8H2,1H3,(H-,22,25,26)/t14-,15+,18?,19?. The number of hydroxylamine groups is 1. The summed E-state index contributed by atoms with van der Waals surface area (Å²) in [4.78, 5) is 12.0. The summed E-state index contributed by atoms with van der Waals surface area (Å²) in [6, 6.07) is 5.39. The number of aliphatic hydroxyl groups excluding tert-OH is 1. The lowest BCUT2D eigenvalue weighted by atomic mass is 9.91. The number of carbonyl (C=O) groups is 1. The van der Waals surface area contributed by atoms with Crippen LogP contribution in [0.3, 0.4) is 0 Å². The van der Waals surface area contributed by atoms with Crippen molar-refractivity contribution in [1.82, 2.24) is 5.48 Å². The lowest BCUT2D eigenvalue weighted by molar-refractivity contribution is -0.807. The molecule has 2 N–H and O–H groups in total. The lowest BCUT2D eigenvalue weighted by Crippen LogP contribution is -2.70. The van der Waals surface area contributed by atoms with Gasteiger partial charge in [-0.05, 0) is 37.8 Å². The molecule has 1 fully saturated rings. The van der Waals surface area contributed by atoms with E-state index in [1.807, 2.05) is 6.07 Å². The van der Waals surface area contributed by atoms with E-state index in [2.05, 4.69) is 0 Å². The largest absolute Gasteiger partial charge is 0.759 e. The van der Waals surface area contributed by atoms with Crippen molar-refractivity contribution in [3.05, 3.63) is 58.6 Å². The van der Waals surface area contributed by atoms with Crippen molar-refractivity contribution in [3.8, 4) is 0 Å². The molecule has 0 saturated heterocycles. The van der Waals surface area contributed by atoms with Crippen LogP contribution in [-0.2, 0) is 20.0 Å². The molecule has 152 valence electrons. The highest BCUT2D eigenvalue weighted by atomic mass is 35.5. The molecule has 2 aliphatic rings. The van der Waals surface area contributed by atoms with Gasteiger partial charge in [0.1, 0.15) is 5.03 Å². The van der Waals surface area contributed by atoms with Gasteiger partial charge in [0.2, 0.25) is 5.91 Å². The van der Waals surface area contributed by atoms with E-state index in [0.717, 1.165) is 0 Å². The Bertz CT molecular complexity index is 780. The van der Waals surface area contributed by atoms with Gasteiger partial charge in [0.05, 0.1) is 12.2 Å². The highest BCUT2D eigenvalue weighted by molar-refractivity contribution is 6.33. The summed E-state index contributed by atoms with van der Waals surface area (Å²) in [5.74, 6) is -0.881. The molecular weight excluding hydrogens is 407 g/mol. The highest BCUT2D eigenvalue weighted by Crippen LogP contribution is 2.48. The molecule has 0 radical (unpaired) electrons. The SMILES string of the molecule is COC1([n+]2ccccc2)C(Cl)=CC(C(=O)N[O-])=CC1(Cl)O[C@H]1CC[C@@H](O)CC1. The van der Waals surface area contributed by atoms with Crippen LogP contribution in [0, 0.1) is 5.21 Å². The molecule has 9 heteroatoms. The van der Waals surface area contributed by atoms with Crippen LogP contribution in [-0.4, -0.2) is 35.4 Å². The Morgan fingerprint density at radius 2 is 1.93 bits per heavy atom. The minimum atomic E-state index is -1.71. The van der Waals surface area contributed by atoms with Crippen LogP contribution in [0.1, 0.15) is 25.7 Å². The number of hydrogen-bond donors (Lipinski definition) is 2. The number of alkyl halides is 1. The van der Waals surface area contributed by atoms with E-state index in [-0.39, 0.29) is 22.8 Å². The van der Waals surface area contributed by atoms with Gasteiger partial charge in [-0.1, -0.05) is 29.3 Å². The number of rotatable bonds is 5. The van der Waals surface area contributed by atoms with Gasteiger partial charge >= 0.3 is 5.72 Å². The number of nitrogens with zero attached hydrogens (tertiary/aromatic N) is 1. The second-order valence-electron chi connectivity index (χ2n) is 6.85. The number of carbonyl (C=O) groups excluding carboxylic acids is 1. The molecule has 0 bridgehead atoms. The van der Waals surface area contributed by atoms with E-state index in [4.69, 9.17) is 32.7 Å². The van der Waals surface area contributed by atoms with Crippen molar-refractivity contribution in [1.29, 1.82) is 0 Å². The van der Waals surface area contributed by atoms with Crippen molar-refractivity contribution in [3.63, 3.8) is 0 Å². The minimum Gasteiger partial charge on any atom is -0.759 e. The van der Waals surface area contributed by atoms with Gasteiger partial charge in [-0.3, -0.25) is 4.79 Å². The number of hydrogen-bond acceptors (Lipinski definition) is 5. The molecule has 2 atom stereocenters. The van der Waals surface area contributed by atoms with Gasteiger partial charge in [-0.15, -0.1) is 0 Å². The number of amides is 1. The van der Waals surface area contributed by atoms with E-state index < -0.39 is 16.7 Å². The minimum absolute atomic E-state index is 0.0185. The van der Waals surface area contributed by atoms with Crippen LogP contribution in [0.4, 0.5) is 0 Å². The average Bonchev–Trinajstić information content (AvgIpc) is 2.70. The van der Waals surface area contributed by atoms with Gasteiger partial charge in [-0.25, -0.2) is 0 Å². The molecule has 1 amide bonds.